The van der Waals surface area contributed by atoms with Crippen LogP contribution in [0.4, 0.5) is 23.4 Å². The summed E-state index contributed by atoms with van der Waals surface area (Å²) >= 11 is 0. The monoisotopic (exact) mass is 611 g/mol. The quantitative estimate of drug-likeness (QED) is 0.274. The van der Waals surface area contributed by atoms with Crippen LogP contribution >= 0.6 is 0 Å². The zero-order valence-electron chi connectivity index (χ0n) is 24.2. The summed E-state index contributed by atoms with van der Waals surface area (Å²) in [4.78, 5) is 17.1. The van der Waals surface area contributed by atoms with E-state index in [9.17, 15) is 23.4 Å². The third-order valence-electron chi connectivity index (χ3n) is 9.48. The highest BCUT2D eigenvalue weighted by Gasteiger charge is 2.49. The number of phenolic OH excluding ortho intramolecular Hbond substituents is 1. The molecule has 4 aromatic rings. The number of pyridine rings is 1. The summed E-state index contributed by atoms with van der Waals surface area (Å²) in [5, 5.41) is 21.6. The molecule has 3 aliphatic heterocycles. The number of aliphatic hydroxyl groups excluding tert-OH is 1. The maximum absolute atomic E-state index is 16.7. The number of aromatic hydroxyl groups is 1. The van der Waals surface area contributed by atoms with Gasteiger partial charge in [-0.15, -0.1) is 0 Å². The molecule has 3 saturated heterocycles. The highest BCUT2D eigenvalue weighted by Crippen LogP contribution is 2.42. The molecule has 232 valence electrons. The molecule has 0 bridgehead atoms. The fourth-order valence-electron chi connectivity index (χ4n) is 7.46. The predicted octanol–water partition coefficient (Wildman–Crippen LogP) is 5.26. The van der Waals surface area contributed by atoms with Crippen LogP contribution in [0.15, 0.2) is 30.5 Å². The molecular formula is C32H33F4N5O3. The SMILES string of the molecule is CCc1c(F)ccc2cc(O)cc(-c3ncc4c(N5C[C@H](F)C[C@H]5CO)nc(OC[C@@]56CCCN5C[C@H](F)C6)nc4c3F)c12. The van der Waals surface area contributed by atoms with E-state index in [1.165, 1.54) is 30.5 Å². The fourth-order valence-corrected chi connectivity index (χ4v) is 7.46. The zero-order chi connectivity index (χ0) is 30.7. The lowest BCUT2D eigenvalue weighted by molar-refractivity contribution is 0.107. The predicted molar refractivity (Wildman–Crippen MR) is 158 cm³/mol. The lowest BCUT2D eigenvalue weighted by Crippen LogP contribution is -2.43. The average molecular weight is 612 g/mol. The molecule has 0 radical (unpaired) electrons. The maximum Gasteiger partial charge on any atom is 0.319 e. The van der Waals surface area contributed by atoms with Crippen molar-refractivity contribution >= 4 is 27.5 Å². The Bertz CT molecular complexity index is 1760. The molecule has 0 amide bonds. The first-order valence-electron chi connectivity index (χ1n) is 15.1. The van der Waals surface area contributed by atoms with E-state index in [0.29, 0.717) is 35.7 Å². The van der Waals surface area contributed by atoms with Crippen LogP contribution < -0.4 is 9.64 Å². The second-order valence-electron chi connectivity index (χ2n) is 12.2. The number of ether oxygens (including phenoxy) is 1. The summed E-state index contributed by atoms with van der Waals surface area (Å²) in [6.07, 6.45) is 1.54. The van der Waals surface area contributed by atoms with E-state index >= 15 is 4.39 Å². The van der Waals surface area contributed by atoms with Crippen molar-refractivity contribution in [1.29, 1.82) is 0 Å². The number of nitrogens with zero attached hydrogens (tertiary/aromatic N) is 5. The zero-order valence-corrected chi connectivity index (χ0v) is 24.2. The number of hydrogen-bond acceptors (Lipinski definition) is 8. The van der Waals surface area contributed by atoms with Gasteiger partial charge in [0.25, 0.3) is 0 Å². The molecular weight excluding hydrogens is 578 g/mol. The summed E-state index contributed by atoms with van der Waals surface area (Å²) in [6.45, 7) is 2.57. The lowest BCUT2D eigenvalue weighted by Gasteiger charge is -2.31. The first kappa shape index (κ1) is 29.0. The van der Waals surface area contributed by atoms with Crippen LogP contribution in [0.3, 0.4) is 0 Å². The van der Waals surface area contributed by atoms with Crippen molar-refractivity contribution in [2.24, 2.45) is 0 Å². The topological polar surface area (TPSA) is 94.8 Å². The number of aliphatic hydroxyl groups is 1. The van der Waals surface area contributed by atoms with Crippen LogP contribution in [0.1, 0.15) is 38.2 Å². The van der Waals surface area contributed by atoms with Crippen molar-refractivity contribution in [3.8, 4) is 23.0 Å². The Morgan fingerprint density at radius 2 is 1.95 bits per heavy atom. The molecule has 8 nitrogen and oxygen atoms in total. The highest BCUT2D eigenvalue weighted by atomic mass is 19.1. The number of hydrogen-bond donors (Lipinski definition) is 2. The maximum atomic E-state index is 16.7. The minimum absolute atomic E-state index is 0.0717. The van der Waals surface area contributed by atoms with Gasteiger partial charge in [0, 0.05) is 31.1 Å². The normalized spacial score (nSPS) is 25.4. The highest BCUT2D eigenvalue weighted by molar-refractivity contribution is 6.01. The molecule has 2 N–H and O–H groups in total. The van der Waals surface area contributed by atoms with E-state index in [4.69, 9.17) is 4.74 Å². The summed E-state index contributed by atoms with van der Waals surface area (Å²) in [5.74, 6) is -1.29. The lowest BCUT2D eigenvalue weighted by atomic mass is 9.94. The van der Waals surface area contributed by atoms with E-state index in [-0.39, 0.29) is 65.9 Å². The second kappa shape index (κ2) is 11.0. The van der Waals surface area contributed by atoms with Crippen molar-refractivity contribution in [1.82, 2.24) is 19.9 Å². The van der Waals surface area contributed by atoms with E-state index in [2.05, 4.69) is 19.9 Å². The molecule has 0 spiro atoms. The van der Waals surface area contributed by atoms with Gasteiger partial charge in [-0.05, 0) is 60.3 Å². The summed E-state index contributed by atoms with van der Waals surface area (Å²) in [6, 6.07) is 4.89. The average Bonchev–Trinajstić information content (AvgIpc) is 3.67. The number of phenols is 1. The van der Waals surface area contributed by atoms with Crippen molar-refractivity contribution in [2.75, 3.05) is 37.7 Å². The van der Waals surface area contributed by atoms with Crippen LogP contribution in [0, 0.1) is 11.6 Å². The van der Waals surface area contributed by atoms with Crippen LogP contribution in [0.25, 0.3) is 32.9 Å². The number of aromatic nitrogens is 3. The number of anilines is 1. The van der Waals surface area contributed by atoms with Gasteiger partial charge >= 0.3 is 6.01 Å². The van der Waals surface area contributed by atoms with Gasteiger partial charge < -0.3 is 19.8 Å². The van der Waals surface area contributed by atoms with Crippen LogP contribution in [0.5, 0.6) is 11.8 Å². The first-order chi connectivity index (χ1) is 21.2. The van der Waals surface area contributed by atoms with Gasteiger partial charge in [-0.2, -0.15) is 9.97 Å². The third-order valence-corrected chi connectivity index (χ3v) is 9.48. The Morgan fingerprint density at radius 1 is 1.11 bits per heavy atom. The van der Waals surface area contributed by atoms with Gasteiger partial charge in [0.15, 0.2) is 5.82 Å². The van der Waals surface area contributed by atoms with Gasteiger partial charge in [0.1, 0.15) is 47.5 Å². The number of benzene rings is 2. The molecule has 3 aliphatic rings. The van der Waals surface area contributed by atoms with Crippen LogP contribution in [-0.4, -0.2) is 86.8 Å². The molecule has 12 heteroatoms. The molecule has 44 heavy (non-hydrogen) atoms. The third kappa shape index (κ3) is 4.70. The van der Waals surface area contributed by atoms with Crippen LogP contribution in [-0.2, 0) is 6.42 Å². The summed E-state index contributed by atoms with van der Waals surface area (Å²) in [5.41, 5.74) is -0.278. The van der Waals surface area contributed by atoms with Crippen molar-refractivity contribution in [3.05, 3.63) is 47.7 Å². The van der Waals surface area contributed by atoms with E-state index in [1.807, 2.05) is 0 Å². The van der Waals surface area contributed by atoms with Gasteiger partial charge in [-0.25, -0.2) is 17.6 Å². The van der Waals surface area contributed by atoms with Crippen LogP contribution in [0.2, 0.25) is 0 Å². The largest absolute Gasteiger partial charge is 0.508 e. The summed E-state index contributed by atoms with van der Waals surface area (Å²) in [7, 11) is 0. The number of rotatable bonds is 7. The Balaban J connectivity index is 1.39. The second-order valence-corrected chi connectivity index (χ2v) is 12.2. The molecule has 2 aromatic carbocycles. The summed E-state index contributed by atoms with van der Waals surface area (Å²) < 4.78 is 66.6. The van der Waals surface area contributed by atoms with Gasteiger partial charge in [0.05, 0.1) is 30.1 Å². The van der Waals surface area contributed by atoms with Gasteiger partial charge in [-0.1, -0.05) is 13.0 Å². The Kier molecular flexibility index (Phi) is 7.24. The van der Waals surface area contributed by atoms with Crippen molar-refractivity contribution in [3.63, 3.8) is 0 Å². The molecule has 7 rings (SSSR count). The first-order valence-corrected chi connectivity index (χ1v) is 15.1. The van der Waals surface area contributed by atoms with Crippen molar-refractivity contribution in [2.45, 2.75) is 63.0 Å². The number of halogens is 4. The fraction of sp³-hybridized carbons (Fsp3) is 0.469. The minimum atomic E-state index is -1.23. The van der Waals surface area contributed by atoms with E-state index < -0.39 is 35.6 Å². The Hall–Kier alpha value is -3.77. The smallest absolute Gasteiger partial charge is 0.319 e. The molecule has 4 atom stereocenters. The van der Waals surface area contributed by atoms with E-state index in [1.54, 1.807) is 11.8 Å². The molecule has 0 aliphatic carbocycles. The molecule has 2 aromatic heterocycles. The standard InChI is InChI=1S/C32H33F4N5O3/c1-2-22-25(35)5-4-17-8-21(43)10-23(26(17)22)28-27(36)29-24(12-37-28)30(41-14-18(33)9-20(41)15-42)39-31(38-29)44-16-32-6-3-7-40(32)13-19(34)11-32/h4-5,8,10,12,18-20,42-43H,2-3,6-7,9,11,13-16H2,1H3/t18-,19-,20+,32+/m1/s1. The number of aryl methyl sites for hydroxylation is 1. The number of alkyl halides is 2. The Labute approximate surface area is 251 Å². The van der Waals surface area contributed by atoms with Gasteiger partial charge in [0.2, 0.25) is 0 Å². The molecule has 3 fully saturated rings. The Morgan fingerprint density at radius 3 is 2.75 bits per heavy atom. The van der Waals surface area contributed by atoms with E-state index in [0.717, 1.165) is 19.4 Å². The van der Waals surface area contributed by atoms with Gasteiger partial charge in [-0.3, -0.25) is 9.88 Å². The number of fused-ring (bicyclic) bond motifs is 3. The molecule has 0 saturated carbocycles. The molecule has 5 heterocycles. The molecule has 0 unspecified atom stereocenters. The minimum Gasteiger partial charge on any atom is -0.508 e. The van der Waals surface area contributed by atoms with Crippen molar-refractivity contribution < 1.29 is 32.5 Å².